The lowest BCUT2D eigenvalue weighted by molar-refractivity contribution is 0.133. The van der Waals surface area contributed by atoms with Crippen LogP contribution in [-0.2, 0) is 18.0 Å². The minimum atomic E-state index is -0.501. The average molecular weight is 194 g/mol. The van der Waals surface area contributed by atoms with Crippen molar-refractivity contribution >= 4 is 0 Å². The predicted molar refractivity (Wildman–Crippen MR) is 51.4 cm³/mol. The fraction of sp³-hybridized carbons (Fsp3) is 0.500. The monoisotopic (exact) mass is 194 g/mol. The largest absolute Gasteiger partial charge is 0.388 e. The first-order valence-corrected chi connectivity index (χ1v) is 4.75. The maximum atomic E-state index is 9.69. The van der Waals surface area contributed by atoms with Crippen LogP contribution >= 0.6 is 0 Å². The Labute approximate surface area is 82.7 Å². The number of pyridine rings is 1. The Kier molecular flexibility index (Phi) is 2.77. The molecule has 1 aliphatic heterocycles. The van der Waals surface area contributed by atoms with E-state index in [2.05, 4.69) is 4.98 Å². The fourth-order valence-corrected chi connectivity index (χ4v) is 1.58. The third-order valence-corrected chi connectivity index (χ3v) is 2.40. The number of hydrogen-bond acceptors (Lipinski definition) is 4. The molecule has 0 saturated heterocycles. The number of aromatic nitrogens is 1. The first-order chi connectivity index (χ1) is 6.81. The summed E-state index contributed by atoms with van der Waals surface area (Å²) in [6.07, 6.45) is 1.77. The van der Waals surface area contributed by atoms with E-state index in [-0.39, 0.29) is 0 Å². The van der Waals surface area contributed by atoms with Crippen molar-refractivity contribution in [2.45, 2.75) is 25.7 Å². The van der Waals surface area contributed by atoms with Crippen LogP contribution in [0.15, 0.2) is 12.3 Å². The molecule has 0 amide bonds. The molecule has 1 aromatic rings. The Hall–Kier alpha value is -0.970. The lowest BCUT2D eigenvalue weighted by Gasteiger charge is -2.09. The maximum absolute atomic E-state index is 9.69. The molecule has 0 saturated carbocycles. The van der Waals surface area contributed by atoms with Crippen LogP contribution in [0.2, 0.25) is 0 Å². The van der Waals surface area contributed by atoms with E-state index in [0.717, 1.165) is 16.8 Å². The van der Waals surface area contributed by atoms with Crippen molar-refractivity contribution in [3.8, 4) is 0 Å². The number of rotatable bonds is 3. The third-order valence-electron chi connectivity index (χ3n) is 2.40. The van der Waals surface area contributed by atoms with E-state index in [1.807, 2.05) is 6.07 Å². The van der Waals surface area contributed by atoms with Gasteiger partial charge in [-0.05, 0) is 24.6 Å². The molecule has 14 heavy (non-hydrogen) atoms. The van der Waals surface area contributed by atoms with E-state index in [1.165, 1.54) is 0 Å². The van der Waals surface area contributed by atoms with Gasteiger partial charge < -0.3 is 15.6 Å². The summed E-state index contributed by atoms with van der Waals surface area (Å²) >= 11 is 0. The van der Waals surface area contributed by atoms with Crippen LogP contribution in [0.1, 0.15) is 29.3 Å². The van der Waals surface area contributed by atoms with Gasteiger partial charge in [0.2, 0.25) is 0 Å². The van der Waals surface area contributed by atoms with Crippen LogP contribution < -0.4 is 5.73 Å². The van der Waals surface area contributed by atoms with Gasteiger partial charge in [0.05, 0.1) is 25.0 Å². The summed E-state index contributed by atoms with van der Waals surface area (Å²) in [7, 11) is 0. The first-order valence-electron chi connectivity index (χ1n) is 4.75. The topological polar surface area (TPSA) is 68.4 Å². The van der Waals surface area contributed by atoms with E-state index in [4.69, 9.17) is 10.5 Å². The maximum Gasteiger partial charge on any atom is 0.0896 e. The summed E-state index contributed by atoms with van der Waals surface area (Å²) in [6, 6.07) is 1.95. The van der Waals surface area contributed by atoms with Gasteiger partial charge >= 0.3 is 0 Å². The Morgan fingerprint density at radius 3 is 3.21 bits per heavy atom. The van der Waals surface area contributed by atoms with Crippen LogP contribution in [0.4, 0.5) is 0 Å². The molecule has 3 N–H and O–H groups in total. The van der Waals surface area contributed by atoms with Crippen molar-refractivity contribution in [1.82, 2.24) is 4.98 Å². The highest BCUT2D eigenvalue weighted by Gasteiger charge is 2.15. The number of ether oxygens (including phenoxy) is 1. The van der Waals surface area contributed by atoms with Crippen LogP contribution in [-0.4, -0.2) is 16.6 Å². The molecule has 1 aliphatic rings. The van der Waals surface area contributed by atoms with E-state index < -0.39 is 6.10 Å². The summed E-state index contributed by atoms with van der Waals surface area (Å²) in [5.41, 5.74) is 8.27. The molecule has 0 aliphatic carbocycles. The second-order valence-electron chi connectivity index (χ2n) is 3.46. The first kappa shape index (κ1) is 9.58. The molecule has 1 atom stereocenters. The molecule has 76 valence electrons. The van der Waals surface area contributed by atoms with Crippen LogP contribution in [0.25, 0.3) is 0 Å². The van der Waals surface area contributed by atoms with E-state index in [9.17, 15) is 5.11 Å². The van der Waals surface area contributed by atoms with Crippen molar-refractivity contribution in [3.63, 3.8) is 0 Å². The lowest BCUT2D eigenvalue weighted by Crippen LogP contribution is -2.07. The number of nitrogens with zero attached hydrogens (tertiary/aromatic N) is 1. The molecule has 2 rings (SSSR count). The predicted octanol–water partition coefficient (Wildman–Crippen LogP) is 0.494. The normalized spacial score (nSPS) is 16.7. The molecule has 4 nitrogen and oxygen atoms in total. The number of nitrogens with two attached hydrogens (primary N) is 1. The molecular weight excluding hydrogens is 180 g/mol. The van der Waals surface area contributed by atoms with E-state index in [0.29, 0.717) is 26.2 Å². The summed E-state index contributed by atoms with van der Waals surface area (Å²) in [6.45, 7) is 1.67. The molecule has 0 fully saturated rings. The van der Waals surface area contributed by atoms with Gasteiger partial charge in [0, 0.05) is 11.8 Å². The minimum Gasteiger partial charge on any atom is -0.388 e. The minimum absolute atomic E-state index is 0.481. The molecule has 0 aromatic carbocycles. The Morgan fingerprint density at radius 2 is 2.43 bits per heavy atom. The number of hydrogen-bond donors (Lipinski definition) is 2. The zero-order valence-electron chi connectivity index (χ0n) is 7.94. The quantitative estimate of drug-likeness (QED) is 0.735. The second-order valence-corrected chi connectivity index (χ2v) is 3.46. The van der Waals surface area contributed by atoms with Gasteiger partial charge in [0.15, 0.2) is 0 Å². The molecule has 0 spiro atoms. The van der Waals surface area contributed by atoms with Crippen LogP contribution in [0.5, 0.6) is 0 Å². The zero-order valence-corrected chi connectivity index (χ0v) is 7.94. The smallest absolute Gasteiger partial charge is 0.0896 e. The Balaban J connectivity index is 2.19. The summed E-state index contributed by atoms with van der Waals surface area (Å²) in [4.78, 5) is 4.24. The van der Waals surface area contributed by atoms with E-state index >= 15 is 0 Å². The average Bonchev–Trinajstić information content (AvgIpc) is 2.64. The van der Waals surface area contributed by atoms with Gasteiger partial charge in [-0.3, -0.25) is 4.98 Å². The summed E-state index contributed by atoms with van der Waals surface area (Å²) in [5, 5.41) is 9.69. The van der Waals surface area contributed by atoms with E-state index in [1.54, 1.807) is 6.20 Å². The summed E-state index contributed by atoms with van der Waals surface area (Å²) < 4.78 is 5.24. The standard InChI is InChI=1S/C10H14N2O2/c11-2-1-10(13)7-3-8-5-14-6-9(8)12-4-7/h3-4,10,13H,1-2,5-6,11H2. The van der Waals surface area contributed by atoms with Gasteiger partial charge in [-0.2, -0.15) is 0 Å². The van der Waals surface area contributed by atoms with Gasteiger partial charge in [0.1, 0.15) is 0 Å². The van der Waals surface area contributed by atoms with Gasteiger partial charge in [-0.25, -0.2) is 0 Å². The molecule has 4 heteroatoms. The molecule has 1 unspecified atom stereocenters. The van der Waals surface area contributed by atoms with Gasteiger partial charge in [-0.15, -0.1) is 0 Å². The van der Waals surface area contributed by atoms with Gasteiger partial charge in [-0.1, -0.05) is 0 Å². The highest BCUT2D eigenvalue weighted by atomic mass is 16.5. The highest BCUT2D eigenvalue weighted by molar-refractivity contribution is 5.27. The van der Waals surface area contributed by atoms with Crippen molar-refractivity contribution in [2.75, 3.05) is 6.54 Å². The molecule has 0 radical (unpaired) electrons. The fourth-order valence-electron chi connectivity index (χ4n) is 1.58. The van der Waals surface area contributed by atoms with Crippen LogP contribution in [0.3, 0.4) is 0 Å². The van der Waals surface area contributed by atoms with Crippen molar-refractivity contribution < 1.29 is 9.84 Å². The summed E-state index contributed by atoms with van der Waals surface area (Å²) in [5.74, 6) is 0. The number of aliphatic hydroxyl groups excluding tert-OH is 1. The molecular formula is C10H14N2O2. The SMILES string of the molecule is NCCC(O)c1cnc2c(c1)COC2. The number of aliphatic hydroxyl groups is 1. The highest BCUT2D eigenvalue weighted by Crippen LogP contribution is 2.22. The van der Waals surface area contributed by atoms with Crippen molar-refractivity contribution in [3.05, 3.63) is 29.1 Å². The molecule has 2 heterocycles. The third kappa shape index (κ3) is 1.77. The molecule has 0 bridgehead atoms. The molecule has 1 aromatic heterocycles. The van der Waals surface area contributed by atoms with Crippen LogP contribution in [0, 0.1) is 0 Å². The van der Waals surface area contributed by atoms with Gasteiger partial charge in [0.25, 0.3) is 0 Å². The lowest BCUT2D eigenvalue weighted by atomic mass is 10.1. The van der Waals surface area contributed by atoms with Crippen molar-refractivity contribution in [2.24, 2.45) is 5.73 Å². The number of fused-ring (bicyclic) bond motifs is 1. The zero-order chi connectivity index (χ0) is 9.97. The Morgan fingerprint density at radius 1 is 1.57 bits per heavy atom. The van der Waals surface area contributed by atoms with Crippen molar-refractivity contribution in [1.29, 1.82) is 0 Å². The Bertz CT molecular complexity index is 328. The second kappa shape index (κ2) is 4.04.